The first-order valence-corrected chi connectivity index (χ1v) is 11.4. The fraction of sp³-hybridized carbons (Fsp3) is 0.435. The van der Waals surface area contributed by atoms with Gasteiger partial charge < -0.3 is 16.0 Å². The first kappa shape index (κ1) is 24.0. The molecule has 2 aromatic rings. The number of hydrogen-bond donors (Lipinski definition) is 4. The number of rotatable bonds is 6. The molecule has 1 aliphatic heterocycles. The van der Waals surface area contributed by atoms with Crippen LogP contribution in [0.1, 0.15) is 38.2 Å². The Bertz CT molecular complexity index is 1260. The molecule has 1 aromatic carbocycles. The maximum atomic E-state index is 13.0. The van der Waals surface area contributed by atoms with Crippen molar-refractivity contribution in [2.75, 3.05) is 24.2 Å². The number of benzene rings is 1. The number of aromatic amines is 1. The van der Waals surface area contributed by atoms with Crippen LogP contribution in [-0.2, 0) is 16.1 Å². The zero-order valence-corrected chi connectivity index (χ0v) is 19.7. The molecule has 2 fully saturated rings. The molecule has 0 unspecified atom stereocenters. The maximum Gasteiger partial charge on any atom is 0.344 e. The van der Waals surface area contributed by atoms with E-state index in [9.17, 15) is 24.0 Å². The second-order valence-corrected chi connectivity index (χ2v) is 9.29. The van der Waals surface area contributed by atoms with Crippen molar-refractivity contribution in [3.63, 3.8) is 0 Å². The minimum absolute atomic E-state index is 0.0781. The lowest BCUT2D eigenvalue weighted by molar-refractivity contribution is -0.139. The summed E-state index contributed by atoms with van der Waals surface area (Å²) in [7, 11) is 1.45. The summed E-state index contributed by atoms with van der Waals surface area (Å²) in [5.41, 5.74) is 6.80. The van der Waals surface area contributed by atoms with Crippen LogP contribution in [0.5, 0.6) is 0 Å². The van der Waals surface area contributed by atoms with Gasteiger partial charge in [-0.2, -0.15) is 5.01 Å². The van der Waals surface area contributed by atoms with Crippen LogP contribution < -0.4 is 32.6 Å². The highest BCUT2D eigenvalue weighted by molar-refractivity contribution is 6.08. The number of hydrogen-bond acceptors (Lipinski definition) is 7. The van der Waals surface area contributed by atoms with Crippen molar-refractivity contribution in [3.05, 3.63) is 56.7 Å². The van der Waals surface area contributed by atoms with Crippen molar-refractivity contribution >= 4 is 29.4 Å². The highest BCUT2D eigenvalue weighted by Gasteiger charge is 2.52. The monoisotopic (exact) mass is 483 g/mol. The molecule has 1 saturated heterocycles. The molecule has 0 bridgehead atoms. The van der Waals surface area contributed by atoms with Crippen molar-refractivity contribution < 1.29 is 14.4 Å². The van der Waals surface area contributed by atoms with E-state index in [0.29, 0.717) is 23.8 Å². The van der Waals surface area contributed by atoms with Crippen LogP contribution in [0, 0.1) is 5.92 Å². The van der Waals surface area contributed by atoms with E-state index in [1.165, 1.54) is 16.5 Å². The van der Waals surface area contributed by atoms with E-state index in [1.54, 1.807) is 0 Å². The van der Waals surface area contributed by atoms with Gasteiger partial charge in [0.1, 0.15) is 17.0 Å². The Hall–Kier alpha value is -4.09. The average molecular weight is 484 g/mol. The number of nitrogens with zero attached hydrogens (tertiary/aromatic N) is 3. The van der Waals surface area contributed by atoms with Gasteiger partial charge in [0.25, 0.3) is 17.4 Å². The number of amides is 4. The van der Waals surface area contributed by atoms with Gasteiger partial charge in [0.2, 0.25) is 0 Å². The van der Waals surface area contributed by atoms with Crippen LogP contribution in [0.4, 0.5) is 16.3 Å². The van der Waals surface area contributed by atoms with Crippen LogP contribution >= 0.6 is 0 Å². The number of nitrogen functional groups attached to an aromatic ring is 1. The standard InChI is InChI=1S/C23H29N7O5/c1-14-8-10-23(11-9-14)20(33)30(22(35)26-23)27-16(31)13-28(2)17-18(24)29(21(34)25-19(17)32)12-15-6-4-3-5-7-15/h3-7,14H,8-13,24H2,1-2H3,(H,26,35)(H,27,31)(H,25,32,34). The summed E-state index contributed by atoms with van der Waals surface area (Å²) in [6.07, 6.45) is 2.63. The van der Waals surface area contributed by atoms with Crippen LogP contribution in [0.15, 0.2) is 39.9 Å². The summed E-state index contributed by atoms with van der Waals surface area (Å²) < 4.78 is 1.20. The molecule has 0 atom stereocenters. The Morgan fingerprint density at radius 3 is 2.49 bits per heavy atom. The topological polar surface area (TPSA) is 163 Å². The number of likely N-dealkylation sites (N-methyl/N-ethyl adjacent to an activating group) is 1. The summed E-state index contributed by atoms with van der Waals surface area (Å²) >= 11 is 0. The van der Waals surface area contributed by atoms with Crippen molar-refractivity contribution in [1.29, 1.82) is 0 Å². The number of nitrogens with two attached hydrogens (primary N) is 1. The number of carbonyl (C=O) groups excluding carboxylic acids is 3. The van der Waals surface area contributed by atoms with E-state index < -0.39 is 41.2 Å². The molecule has 1 aliphatic carbocycles. The first-order chi connectivity index (χ1) is 16.6. The fourth-order valence-corrected chi connectivity index (χ4v) is 4.64. The summed E-state index contributed by atoms with van der Waals surface area (Å²) in [5, 5.41) is 3.44. The van der Waals surface area contributed by atoms with Gasteiger partial charge in [0, 0.05) is 7.05 Å². The third kappa shape index (κ3) is 4.63. The van der Waals surface area contributed by atoms with Crippen LogP contribution in [0.25, 0.3) is 0 Å². The minimum atomic E-state index is -0.989. The maximum absolute atomic E-state index is 13.0. The molecule has 4 rings (SSSR count). The number of anilines is 2. The van der Waals surface area contributed by atoms with Crippen LogP contribution in [-0.4, -0.2) is 51.5 Å². The zero-order valence-electron chi connectivity index (χ0n) is 19.7. The quantitative estimate of drug-likeness (QED) is 0.425. The lowest BCUT2D eigenvalue weighted by atomic mass is 9.77. The summed E-state index contributed by atoms with van der Waals surface area (Å²) in [4.78, 5) is 66.5. The lowest BCUT2D eigenvalue weighted by Gasteiger charge is -2.33. The highest BCUT2D eigenvalue weighted by Crippen LogP contribution is 2.35. The van der Waals surface area contributed by atoms with E-state index in [1.807, 2.05) is 30.3 Å². The molecule has 35 heavy (non-hydrogen) atoms. The fourth-order valence-electron chi connectivity index (χ4n) is 4.64. The summed E-state index contributed by atoms with van der Waals surface area (Å²) in [6, 6.07) is 8.40. The van der Waals surface area contributed by atoms with Gasteiger partial charge in [-0.25, -0.2) is 9.59 Å². The second-order valence-electron chi connectivity index (χ2n) is 9.29. The third-order valence-electron chi connectivity index (χ3n) is 6.69. The Labute approximate surface area is 201 Å². The van der Waals surface area contributed by atoms with Crippen molar-refractivity contribution in [2.24, 2.45) is 5.92 Å². The normalized spacial score (nSPS) is 21.8. The molecule has 12 heteroatoms. The van der Waals surface area contributed by atoms with E-state index in [-0.39, 0.29) is 18.1 Å². The number of nitrogens with one attached hydrogen (secondary N) is 3. The van der Waals surface area contributed by atoms with Gasteiger partial charge in [0.05, 0.1) is 13.1 Å². The van der Waals surface area contributed by atoms with Crippen molar-refractivity contribution in [3.8, 4) is 0 Å². The minimum Gasteiger partial charge on any atom is -0.383 e. The lowest BCUT2D eigenvalue weighted by Crippen LogP contribution is -2.53. The molecule has 2 heterocycles. The number of imide groups is 1. The number of H-pyrrole nitrogens is 1. The highest BCUT2D eigenvalue weighted by atomic mass is 16.2. The van der Waals surface area contributed by atoms with Gasteiger partial charge in [-0.3, -0.25) is 29.4 Å². The summed E-state index contributed by atoms with van der Waals surface area (Å²) in [5.74, 6) is -0.824. The van der Waals surface area contributed by atoms with Crippen molar-refractivity contribution in [1.82, 2.24) is 25.3 Å². The molecule has 12 nitrogen and oxygen atoms in total. The van der Waals surface area contributed by atoms with Gasteiger partial charge in [0.15, 0.2) is 0 Å². The Kier molecular flexibility index (Phi) is 6.37. The van der Waals surface area contributed by atoms with E-state index >= 15 is 0 Å². The largest absolute Gasteiger partial charge is 0.383 e. The van der Waals surface area contributed by atoms with Gasteiger partial charge in [-0.1, -0.05) is 37.3 Å². The van der Waals surface area contributed by atoms with E-state index in [4.69, 9.17) is 5.73 Å². The molecular weight excluding hydrogens is 454 g/mol. The molecule has 0 radical (unpaired) electrons. The predicted octanol–water partition coefficient (Wildman–Crippen LogP) is 0.135. The Balaban J connectivity index is 1.48. The second kappa shape index (κ2) is 9.28. The van der Waals surface area contributed by atoms with Crippen LogP contribution in [0.3, 0.4) is 0 Å². The number of aromatic nitrogens is 2. The van der Waals surface area contributed by atoms with Crippen LogP contribution in [0.2, 0.25) is 0 Å². The van der Waals surface area contributed by atoms with E-state index in [0.717, 1.165) is 18.4 Å². The molecule has 5 N–H and O–H groups in total. The number of urea groups is 1. The Morgan fingerprint density at radius 1 is 1.17 bits per heavy atom. The Morgan fingerprint density at radius 2 is 1.83 bits per heavy atom. The molecule has 2 aliphatic rings. The zero-order chi connectivity index (χ0) is 25.3. The van der Waals surface area contributed by atoms with Gasteiger partial charge in [-0.15, -0.1) is 0 Å². The molecule has 186 valence electrons. The predicted molar refractivity (Wildman–Crippen MR) is 128 cm³/mol. The van der Waals surface area contributed by atoms with Gasteiger partial charge >= 0.3 is 11.7 Å². The number of hydrazine groups is 1. The molecule has 4 amide bonds. The smallest absolute Gasteiger partial charge is 0.344 e. The third-order valence-corrected chi connectivity index (χ3v) is 6.69. The number of carbonyl (C=O) groups is 3. The first-order valence-electron chi connectivity index (χ1n) is 11.4. The molecule has 1 spiro atoms. The average Bonchev–Trinajstić information content (AvgIpc) is 3.03. The van der Waals surface area contributed by atoms with E-state index in [2.05, 4.69) is 22.7 Å². The SMILES string of the molecule is CC1CCC2(CC1)NC(=O)N(NC(=O)CN(C)c1c(N)n(Cc3ccccc3)c(=O)[nH]c1=O)C2=O. The molecular formula is C23H29N7O5. The van der Waals surface area contributed by atoms with Gasteiger partial charge in [-0.05, 0) is 37.2 Å². The summed E-state index contributed by atoms with van der Waals surface area (Å²) in [6.45, 7) is 1.83. The molecule has 1 saturated carbocycles. The molecule has 1 aromatic heterocycles. The van der Waals surface area contributed by atoms with Crippen molar-refractivity contribution in [2.45, 2.75) is 44.7 Å².